The third kappa shape index (κ3) is 4.06. The normalized spacial score (nSPS) is 16.5. The van der Waals surface area contributed by atoms with Crippen molar-refractivity contribution in [1.82, 2.24) is 0 Å². The summed E-state index contributed by atoms with van der Waals surface area (Å²) < 4.78 is 35.5. The Kier molecular flexibility index (Phi) is 4.58. The number of para-hydroxylation sites is 1. The van der Waals surface area contributed by atoms with Gasteiger partial charge in [-0.3, -0.25) is 0 Å². The fourth-order valence-electron chi connectivity index (χ4n) is 1.80. The van der Waals surface area contributed by atoms with Crippen molar-refractivity contribution >= 4 is 0 Å². The van der Waals surface area contributed by atoms with E-state index in [1.165, 1.54) is 12.8 Å². The topological polar surface area (TPSA) is 44.5 Å². The maximum absolute atomic E-state index is 12.3. The van der Waals surface area contributed by atoms with Gasteiger partial charge < -0.3 is 15.2 Å². The molecule has 2 N–H and O–H groups in total. The van der Waals surface area contributed by atoms with Crippen LogP contribution in [0.5, 0.6) is 11.5 Å². The number of benzene rings is 1. The van der Waals surface area contributed by atoms with Crippen LogP contribution in [0.25, 0.3) is 0 Å². The molecule has 0 spiro atoms. The lowest BCUT2D eigenvalue weighted by Gasteiger charge is -2.18. The monoisotopic (exact) mass is 271 g/mol. The van der Waals surface area contributed by atoms with E-state index in [9.17, 15) is 8.78 Å². The summed E-state index contributed by atoms with van der Waals surface area (Å²) in [6, 6.07) is 5.01. The van der Waals surface area contributed by atoms with Crippen molar-refractivity contribution in [3.63, 3.8) is 0 Å². The third-order valence-electron chi connectivity index (χ3n) is 3.03. The van der Waals surface area contributed by atoms with Crippen LogP contribution in [0.15, 0.2) is 18.2 Å². The second-order valence-corrected chi connectivity index (χ2v) is 4.92. The van der Waals surface area contributed by atoms with Crippen LogP contribution in [-0.4, -0.2) is 19.6 Å². The highest BCUT2D eigenvalue weighted by Gasteiger charge is 2.23. The van der Waals surface area contributed by atoms with Crippen LogP contribution in [0.3, 0.4) is 0 Å². The van der Waals surface area contributed by atoms with E-state index < -0.39 is 13.0 Å². The zero-order chi connectivity index (χ0) is 13.8. The molecule has 0 bridgehead atoms. The van der Waals surface area contributed by atoms with Gasteiger partial charge in [-0.1, -0.05) is 12.1 Å². The standard InChI is InChI=1S/C14H19F2NO2/c1-9(17)11-3-2-4-12(18-7-10-5-6-10)14(11)19-8-13(15)16/h2-4,9-10,13H,5-8,17H2,1H3/t9-/m0/s1. The average Bonchev–Trinajstić information content (AvgIpc) is 3.17. The molecule has 19 heavy (non-hydrogen) atoms. The van der Waals surface area contributed by atoms with Gasteiger partial charge in [-0.25, -0.2) is 8.78 Å². The van der Waals surface area contributed by atoms with E-state index >= 15 is 0 Å². The van der Waals surface area contributed by atoms with E-state index in [4.69, 9.17) is 15.2 Å². The molecule has 1 fully saturated rings. The number of ether oxygens (including phenoxy) is 2. The van der Waals surface area contributed by atoms with E-state index in [1.807, 2.05) is 0 Å². The number of hydrogen-bond donors (Lipinski definition) is 1. The molecule has 1 aliphatic carbocycles. The molecule has 0 aromatic heterocycles. The summed E-state index contributed by atoms with van der Waals surface area (Å²) in [5, 5.41) is 0. The van der Waals surface area contributed by atoms with Crippen molar-refractivity contribution in [3.05, 3.63) is 23.8 Å². The number of halogens is 2. The molecule has 1 aromatic carbocycles. The van der Waals surface area contributed by atoms with Gasteiger partial charge in [0.1, 0.15) is 6.61 Å². The van der Waals surface area contributed by atoms with Crippen LogP contribution in [0.4, 0.5) is 8.78 Å². The first-order valence-electron chi connectivity index (χ1n) is 6.50. The number of rotatable bonds is 7. The first-order valence-corrected chi connectivity index (χ1v) is 6.50. The highest BCUT2D eigenvalue weighted by Crippen LogP contribution is 2.36. The number of hydrogen-bond acceptors (Lipinski definition) is 3. The smallest absolute Gasteiger partial charge is 0.272 e. The van der Waals surface area contributed by atoms with Crippen LogP contribution in [0, 0.1) is 5.92 Å². The van der Waals surface area contributed by atoms with Crippen LogP contribution in [0.2, 0.25) is 0 Å². The molecule has 0 radical (unpaired) electrons. The van der Waals surface area contributed by atoms with E-state index in [-0.39, 0.29) is 6.04 Å². The maximum Gasteiger partial charge on any atom is 0.272 e. The molecule has 0 aliphatic heterocycles. The molecule has 5 heteroatoms. The quantitative estimate of drug-likeness (QED) is 0.828. The van der Waals surface area contributed by atoms with Gasteiger partial charge in [-0.05, 0) is 31.7 Å². The Morgan fingerprint density at radius 2 is 2.05 bits per heavy atom. The van der Waals surface area contributed by atoms with Gasteiger partial charge in [-0.15, -0.1) is 0 Å². The zero-order valence-corrected chi connectivity index (χ0v) is 10.9. The van der Waals surface area contributed by atoms with Gasteiger partial charge in [0, 0.05) is 11.6 Å². The van der Waals surface area contributed by atoms with Crippen molar-refractivity contribution in [2.75, 3.05) is 13.2 Å². The second-order valence-electron chi connectivity index (χ2n) is 4.92. The van der Waals surface area contributed by atoms with Crippen molar-refractivity contribution in [2.45, 2.75) is 32.2 Å². The molecule has 106 valence electrons. The molecular formula is C14H19F2NO2. The van der Waals surface area contributed by atoms with Crippen molar-refractivity contribution < 1.29 is 18.3 Å². The summed E-state index contributed by atoms with van der Waals surface area (Å²) in [4.78, 5) is 0. The Bertz CT molecular complexity index is 420. The van der Waals surface area contributed by atoms with Crippen LogP contribution in [-0.2, 0) is 0 Å². The molecule has 0 saturated heterocycles. The van der Waals surface area contributed by atoms with Crippen LogP contribution < -0.4 is 15.2 Å². The lowest BCUT2D eigenvalue weighted by Crippen LogP contribution is -2.13. The minimum Gasteiger partial charge on any atom is -0.489 e. The Morgan fingerprint density at radius 1 is 1.32 bits per heavy atom. The second kappa shape index (κ2) is 6.19. The van der Waals surface area contributed by atoms with Crippen LogP contribution in [0.1, 0.15) is 31.4 Å². The van der Waals surface area contributed by atoms with Crippen molar-refractivity contribution in [3.8, 4) is 11.5 Å². The summed E-state index contributed by atoms with van der Waals surface area (Å²) in [5.41, 5.74) is 6.52. The Morgan fingerprint density at radius 3 is 2.63 bits per heavy atom. The summed E-state index contributed by atoms with van der Waals surface area (Å²) >= 11 is 0. The van der Waals surface area contributed by atoms with E-state index in [1.54, 1.807) is 25.1 Å². The van der Waals surface area contributed by atoms with Crippen LogP contribution >= 0.6 is 0 Å². The summed E-state index contributed by atoms with van der Waals surface area (Å²) in [6.45, 7) is 1.74. The third-order valence-corrected chi connectivity index (χ3v) is 3.03. The molecule has 0 amide bonds. The largest absolute Gasteiger partial charge is 0.489 e. The highest BCUT2D eigenvalue weighted by atomic mass is 19.3. The Balaban J connectivity index is 2.15. The lowest BCUT2D eigenvalue weighted by molar-refractivity contribution is 0.0791. The predicted molar refractivity (Wildman–Crippen MR) is 68.8 cm³/mol. The SMILES string of the molecule is C[C@H](N)c1cccc(OCC2CC2)c1OCC(F)F. The highest BCUT2D eigenvalue weighted by molar-refractivity contribution is 5.48. The molecule has 0 unspecified atom stereocenters. The number of alkyl halides is 2. The molecule has 1 atom stereocenters. The zero-order valence-electron chi connectivity index (χ0n) is 10.9. The van der Waals surface area contributed by atoms with Gasteiger partial charge in [0.15, 0.2) is 11.5 Å². The minimum atomic E-state index is -2.52. The summed E-state index contributed by atoms with van der Waals surface area (Å²) in [5.74, 6) is 1.43. The molecule has 1 aliphatic rings. The van der Waals surface area contributed by atoms with Gasteiger partial charge in [0.2, 0.25) is 0 Å². The molecule has 2 rings (SSSR count). The van der Waals surface area contributed by atoms with E-state index in [0.29, 0.717) is 29.6 Å². The minimum absolute atomic E-state index is 0.294. The average molecular weight is 271 g/mol. The van der Waals surface area contributed by atoms with Gasteiger partial charge in [0.25, 0.3) is 6.43 Å². The van der Waals surface area contributed by atoms with E-state index in [0.717, 1.165) is 0 Å². The molecule has 3 nitrogen and oxygen atoms in total. The summed E-state index contributed by atoms with van der Waals surface area (Å²) in [7, 11) is 0. The first-order chi connectivity index (χ1) is 9.08. The van der Waals surface area contributed by atoms with Gasteiger partial charge in [-0.2, -0.15) is 0 Å². The van der Waals surface area contributed by atoms with Crippen molar-refractivity contribution in [1.29, 1.82) is 0 Å². The molecule has 0 heterocycles. The predicted octanol–water partition coefficient (Wildman–Crippen LogP) is 3.14. The number of nitrogens with two attached hydrogens (primary N) is 1. The Hall–Kier alpha value is -1.36. The van der Waals surface area contributed by atoms with Gasteiger partial charge >= 0.3 is 0 Å². The first kappa shape index (κ1) is 14.1. The fourth-order valence-corrected chi connectivity index (χ4v) is 1.80. The Labute approximate surface area is 111 Å². The molecular weight excluding hydrogens is 252 g/mol. The van der Waals surface area contributed by atoms with E-state index in [2.05, 4.69) is 0 Å². The maximum atomic E-state index is 12.3. The van der Waals surface area contributed by atoms with Gasteiger partial charge in [0.05, 0.1) is 6.61 Å². The molecule has 1 aromatic rings. The summed E-state index contributed by atoms with van der Waals surface area (Å²) in [6.07, 6.45) is -0.183. The van der Waals surface area contributed by atoms with Crippen molar-refractivity contribution in [2.24, 2.45) is 11.7 Å². The lowest BCUT2D eigenvalue weighted by atomic mass is 10.1. The molecule has 1 saturated carbocycles. The fraction of sp³-hybridized carbons (Fsp3) is 0.571.